The number of ether oxygens (including phenoxy) is 1. The van der Waals surface area contributed by atoms with Crippen LogP contribution in [0, 0.1) is 11.8 Å². The predicted molar refractivity (Wildman–Crippen MR) is 169 cm³/mol. The lowest BCUT2D eigenvalue weighted by molar-refractivity contribution is -0.158. The molecule has 0 bridgehead atoms. The summed E-state index contributed by atoms with van der Waals surface area (Å²) in [7, 11) is 1.75. The van der Waals surface area contributed by atoms with Crippen molar-refractivity contribution in [2.24, 2.45) is 11.8 Å². The molecule has 1 saturated carbocycles. The molecule has 2 heterocycles. The average molecular weight is 603 g/mol. The minimum Gasteiger partial charge on any atom is -0.461 e. The summed E-state index contributed by atoms with van der Waals surface area (Å²) in [4.78, 5) is 59.6. The van der Waals surface area contributed by atoms with E-state index in [4.69, 9.17) is 4.74 Å². The van der Waals surface area contributed by atoms with Gasteiger partial charge < -0.3 is 19.9 Å². The summed E-state index contributed by atoms with van der Waals surface area (Å²) in [6, 6.07) is -1.55. The largest absolute Gasteiger partial charge is 0.461 e. The van der Waals surface area contributed by atoms with Crippen molar-refractivity contribution in [2.75, 3.05) is 20.1 Å². The summed E-state index contributed by atoms with van der Waals surface area (Å²) in [5.74, 6) is -0.801. The zero-order chi connectivity index (χ0) is 31.8. The number of likely N-dealkylation sites (N-methyl/N-ethyl adjacent to an activating group) is 1. The van der Waals surface area contributed by atoms with E-state index in [-0.39, 0.29) is 59.8 Å². The van der Waals surface area contributed by atoms with Gasteiger partial charge in [0.25, 0.3) is 0 Å². The van der Waals surface area contributed by atoms with Crippen LogP contribution in [0.3, 0.4) is 0 Å². The van der Waals surface area contributed by atoms with Crippen molar-refractivity contribution in [1.29, 1.82) is 0 Å². The summed E-state index contributed by atoms with van der Waals surface area (Å²) in [5.41, 5.74) is 0.510. The van der Waals surface area contributed by atoms with Crippen molar-refractivity contribution in [2.45, 2.75) is 149 Å². The molecule has 1 aliphatic carbocycles. The second-order valence-electron chi connectivity index (χ2n) is 14.0. The van der Waals surface area contributed by atoms with Gasteiger partial charge in [-0.25, -0.2) is 4.79 Å². The molecule has 0 aromatic rings. The van der Waals surface area contributed by atoms with E-state index in [0.717, 1.165) is 57.9 Å². The predicted octanol–water partition coefficient (Wildman–Crippen LogP) is 4.69. The fourth-order valence-corrected chi connectivity index (χ4v) is 6.97. The van der Waals surface area contributed by atoms with Gasteiger partial charge in [-0.15, -0.1) is 0 Å². The highest BCUT2D eigenvalue weighted by Gasteiger charge is 2.39. The highest BCUT2D eigenvalue weighted by atomic mass is 16.5. The fraction of sp³-hybridized carbons (Fsp3) is 0.824. The SMILES string of the molecule is C/C(=C\C(C(C)C)N(C)C(=O)[C@@H](NC(=O)[C@H]1CCCCN1C(C)C)C(C)C)C(=O)N1CCC[C@H]1C(=O)OC1CCCCC1. The Morgan fingerprint density at radius 3 is 2.05 bits per heavy atom. The topological polar surface area (TPSA) is 99.3 Å². The van der Waals surface area contributed by atoms with Crippen molar-refractivity contribution in [3.63, 3.8) is 0 Å². The van der Waals surface area contributed by atoms with E-state index < -0.39 is 12.1 Å². The standard InChI is InChI=1S/C34H58N4O5/c1-22(2)29(21-25(7)32(40)38-20-14-18-28(38)34(42)43-26-15-10-9-11-16-26)36(8)33(41)30(23(3)4)35-31(39)27-17-12-13-19-37(27)24(5)6/h21-24,26-30H,9-20H2,1-8H3,(H,35,39)/b25-21+/t27-,28+,29?,30+/m1/s1. The van der Waals surface area contributed by atoms with E-state index in [9.17, 15) is 19.2 Å². The Morgan fingerprint density at radius 1 is 0.814 bits per heavy atom. The molecular weight excluding hydrogens is 544 g/mol. The van der Waals surface area contributed by atoms with Crippen LogP contribution in [0.1, 0.15) is 113 Å². The van der Waals surface area contributed by atoms with E-state index in [2.05, 4.69) is 24.1 Å². The first-order valence-corrected chi connectivity index (χ1v) is 16.9. The number of likely N-dealkylation sites (tertiary alicyclic amines) is 2. The number of esters is 1. The Kier molecular flexibility index (Phi) is 13.1. The number of nitrogens with one attached hydrogen (secondary N) is 1. The molecule has 0 radical (unpaired) electrons. The lowest BCUT2D eigenvalue weighted by Gasteiger charge is -2.39. The normalized spacial score (nSPS) is 23.9. The maximum Gasteiger partial charge on any atom is 0.329 e. The van der Waals surface area contributed by atoms with Gasteiger partial charge in [-0.2, -0.15) is 0 Å². The third-order valence-corrected chi connectivity index (χ3v) is 9.60. The summed E-state index contributed by atoms with van der Waals surface area (Å²) < 4.78 is 5.83. The first-order chi connectivity index (χ1) is 20.3. The number of nitrogens with zero attached hydrogens (tertiary/aromatic N) is 3. The average Bonchev–Trinajstić information content (AvgIpc) is 3.47. The van der Waals surface area contributed by atoms with Gasteiger partial charge in [-0.05, 0) is 90.5 Å². The molecule has 3 amide bonds. The van der Waals surface area contributed by atoms with Gasteiger partial charge in [0, 0.05) is 25.2 Å². The van der Waals surface area contributed by atoms with Crippen LogP contribution in [0.4, 0.5) is 0 Å². The lowest BCUT2D eigenvalue weighted by Crippen LogP contribution is -2.58. The van der Waals surface area contributed by atoms with Gasteiger partial charge in [0.15, 0.2) is 0 Å². The van der Waals surface area contributed by atoms with Crippen molar-refractivity contribution >= 4 is 23.7 Å². The molecule has 4 atom stereocenters. The molecule has 1 unspecified atom stereocenters. The monoisotopic (exact) mass is 602 g/mol. The van der Waals surface area contributed by atoms with Gasteiger partial charge >= 0.3 is 5.97 Å². The Bertz CT molecular complexity index is 1000. The Hall–Kier alpha value is -2.42. The molecule has 2 saturated heterocycles. The van der Waals surface area contributed by atoms with E-state index in [1.165, 1.54) is 6.42 Å². The summed E-state index contributed by atoms with van der Waals surface area (Å²) in [5, 5.41) is 3.10. The van der Waals surface area contributed by atoms with E-state index in [1.807, 2.05) is 33.8 Å². The number of rotatable bonds is 11. The first-order valence-electron chi connectivity index (χ1n) is 16.9. The second kappa shape index (κ2) is 16.1. The molecule has 0 spiro atoms. The maximum atomic E-state index is 13.9. The molecule has 0 aromatic heterocycles. The van der Waals surface area contributed by atoms with Gasteiger partial charge in [-0.3, -0.25) is 19.3 Å². The lowest BCUT2D eigenvalue weighted by atomic mass is 9.95. The maximum absolute atomic E-state index is 13.9. The molecule has 2 aliphatic heterocycles. The zero-order valence-electron chi connectivity index (χ0n) is 28.1. The summed E-state index contributed by atoms with van der Waals surface area (Å²) in [6.07, 6.45) is 11.2. The quantitative estimate of drug-likeness (QED) is 0.272. The number of carbonyl (C=O) groups excluding carboxylic acids is 4. The number of amides is 3. The van der Waals surface area contributed by atoms with Crippen LogP contribution in [0.25, 0.3) is 0 Å². The van der Waals surface area contributed by atoms with E-state index in [0.29, 0.717) is 18.5 Å². The molecule has 1 N–H and O–H groups in total. The Balaban J connectivity index is 1.71. The number of hydrogen-bond donors (Lipinski definition) is 1. The molecule has 9 heteroatoms. The highest BCUT2D eigenvalue weighted by molar-refractivity contribution is 5.96. The van der Waals surface area contributed by atoms with Crippen LogP contribution < -0.4 is 5.32 Å². The van der Waals surface area contributed by atoms with Crippen LogP contribution in [0.2, 0.25) is 0 Å². The molecule has 43 heavy (non-hydrogen) atoms. The minimum absolute atomic E-state index is 0.0284. The van der Waals surface area contributed by atoms with Crippen molar-refractivity contribution < 1.29 is 23.9 Å². The van der Waals surface area contributed by atoms with E-state index >= 15 is 0 Å². The number of carbonyl (C=O) groups is 4. The van der Waals surface area contributed by atoms with Crippen molar-refractivity contribution in [1.82, 2.24) is 20.0 Å². The highest BCUT2D eigenvalue weighted by Crippen LogP contribution is 2.26. The van der Waals surface area contributed by atoms with Gasteiger partial charge in [-0.1, -0.05) is 46.6 Å². The van der Waals surface area contributed by atoms with Crippen LogP contribution in [0.15, 0.2) is 11.6 Å². The van der Waals surface area contributed by atoms with Gasteiger partial charge in [0.1, 0.15) is 18.2 Å². The molecular formula is C34H58N4O5. The first kappa shape index (κ1) is 35.1. The molecule has 244 valence electrons. The summed E-state index contributed by atoms with van der Waals surface area (Å²) in [6.45, 7) is 15.3. The fourth-order valence-electron chi connectivity index (χ4n) is 6.97. The van der Waals surface area contributed by atoms with Crippen molar-refractivity contribution in [3.8, 4) is 0 Å². The molecule has 9 nitrogen and oxygen atoms in total. The minimum atomic E-state index is -0.670. The van der Waals surface area contributed by atoms with Crippen molar-refractivity contribution in [3.05, 3.63) is 11.6 Å². The Morgan fingerprint density at radius 2 is 1.44 bits per heavy atom. The van der Waals surface area contributed by atoms with Crippen LogP contribution in [-0.4, -0.2) is 94.8 Å². The third-order valence-electron chi connectivity index (χ3n) is 9.60. The molecule has 3 aliphatic rings. The molecule has 3 fully saturated rings. The van der Waals surface area contributed by atoms with Gasteiger partial charge in [0.2, 0.25) is 17.7 Å². The second-order valence-corrected chi connectivity index (χ2v) is 14.0. The number of hydrogen-bond acceptors (Lipinski definition) is 6. The molecule has 0 aromatic carbocycles. The molecule has 3 rings (SSSR count). The number of piperidine rings is 1. The van der Waals surface area contributed by atoms with Crippen LogP contribution in [0.5, 0.6) is 0 Å². The van der Waals surface area contributed by atoms with Crippen LogP contribution in [-0.2, 0) is 23.9 Å². The third kappa shape index (κ3) is 9.05. The van der Waals surface area contributed by atoms with Gasteiger partial charge in [0.05, 0.1) is 12.1 Å². The smallest absolute Gasteiger partial charge is 0.329 e. The zero-order valence-corrected chi connectivity index (χ0v) is 28.1. The summed E-state index contributed by atoms with van der Waals surface area (Å²) >= 11 is 0. The van der Waals surface area contributed by atoms with E-state index in [1.54, 1.807) is 23.8 Å². The Labute approximate surface area is 260 Å². The van der Waals surface area contributed by atoms with Crippen LogP contribution >= 0.6 is 0 Å².